The van der Waals surface area contributed by atoms with Crippen molar-refractivity contribution in [2.45, 2.75) is 19.4 Å². The van der Waals surface area contributed by atoms with E-state index in [0.717, 1.165) is 31.5 Å². The zero-order valence-corrected chi connectivity index (χ0v) is 12.3. The lowest BCUT2D eigenvalue weighted by Gasteiger charge is -2.16. The summed E-state index contributed by atoms with van der Waals surface area (Å²) in [4.78, 5) is 13.1. The molecule has 2 aromatic rings. The Bertz CT molecular complexity index is 564. The Hall–Kier alpha value is -2.13. The molecule has 0 aliphatic rings. The summed E-state index contributed by atoms with van der Waals surface area (Å²) in [5.41, 5.74) is 2.85. The van der Waals surface area contributed by atoms with Crippen LogP contribution in [-0.4, -0.2) is 29.6 Å². The molecule has 0 unspecified atom stereocenters. The van der Waals surface area contributed by atoms with Gasteiger partial charge in [0.05, 0.1) is 5.56 Å². The maximum atomic E-state index is 10.8. The Morgan fingerprint density at radius 2 is 1.67 bits per heavy atom. The zero-order chi connectivity index (χ0) is 15.1. The largest absolute Gasteiger partial charge is 0.478 e. The summed E-state index contributed by atoms with van der Waals surface area (Å²) in [5, 5.41) is 8.87. The van der Waals surface area contributed by atoms with Crippen LogP contribution < -0.4 is 0 Å². The third-order valence-electron chi connectivity index (χ3n) is 3.50. The van der Waals surface area contributed by atoms with Crippen molar-refractivity contribution in [1.29, 1.82) is 0 Å². The maximum absolute atomic E-state index is 10.8. The summed E-state index contributed by atoms with van der Waals surface area (Å²) < 4.78 is 0. The van der Waals surface area contributed by atoms with Gasteiger partial charge in [0, 0.05) is 6.54 Å². The molecule has 2 rings (SSSR count). The molecule has 0 spiro atoms. The van der Waals surface area contributed by atoms with Gasteiger partial charge in [-0.2, -0.15) is 0 Å². The summed E-state index contributed by atoms with van der Waals surface area (Å²) in [6.45, 7) is 1.87. The van der Waals surface area contributed by atoms with Gasteiger partial charge >= 0.3 is 5.97 Å². The van der Waals surface area contributed by atoms with E-state index in [4.69, 9.17) is 5.11 Å². The van der Waals surface area contributed by atoms with E-state index < -0.39 is 5.97 Å². The molecule has 1 N–H and O–H groups in total. The second-order valence-electron chi connectivity index (χ2n) is 5.33. The number of rotatable bonds is 7. The summed E-state index contributed by atoms with van der Waals surface area (Å²) in [7, 11) is 2.09. The van der Waals surface area contributed by atoms with Gasteiger partial charge in [0.15, 0.2) is 0 Å². The predicted octanol–water partition coefficient (Wildman–Crippen LogP) is 3.45. The maximum Gasteiger partial charge on any atom is 0.335 e. The molecule has 0 atom stereocenters. The molecule has 0 aliphatic heterocycles. The molecule has 0 saturated carbocycles. The van der Waals surface area contributed by atoms with Gasteiger partial charge in [0.25, 0.3) is 0 Å². The van der Waals surface area contributed by atoms with E-state index in [9.17, 15) is 4.79 Å². The van der Waals surface area contributed by atoms with E-state index in [1.807, 2.05) is 18.2 Å². The first kappa shape index (κ1) is 15.3. The Balaban J connectivity index is 1.76. The lowest BCUT2D eigenvalue weighted by Crippen LogP contribution is -2.19. The van der Waals surface area contributed by atoms with E-state index in [1.54, 1.807) is 12.1 Å². The monoisotopic (exact) mass is 283 g/mol. The van der Waals surface area contributed by atoms with E-state index in [0.29, 0.717) is 5.56 Å². The molecule has 0 heterocycles. The number of aryl methyl sites for hydroxylation is 1. The number of hydrogen-bond donors (Lipinski definition) is 1. The van der Waals surface area contributed by atoms with Crippen LogP contribution in [0.1, 0.15) is 27.9 Å². The highest BCUT2D eigenvalue weighted by Gasteiger charge is 2.04. The number of nitrogens with zero attached hydrogens (tertiary/aromatic N) is 1. The van der Waals surface area contributed by atoms with Gasteiger partial charge in [-0.15, -0.1) is 0 Å². The average molecular weight is 283 g/mol. The molecule has 110 valence electrons. The molecule has 3 nitrogen and oxygen atoms in total. The smallest absolute Gasteiger partial charge is 0.335 e. The molecule has 0 fully saturated rings. The topological polar surface area (TPSA) is 40.5 Å². The molecule has 0 bridgehead atoms. The Morgan fingerprint density at radius 3 is 2.29 bits per heavy atom. The molecular formula is C18H21NO2. The fourth-order valence-corrected chi connectivity index (χ4v) is 2.34. The van der Waals surface area contributed by atoms with Crippen molar-refractivity contribution in [3.63, 3.8) is 0 Å². The number of hydrogen-bond acceptors (Lipinski definition) is 2. The van der Waals surface area contributed by atoms with Gasteiger partial charge in [-0.25, -0.2) is 4.79 Å². The second-order valence-corrected chi connectivity index (χ2v) is 5.33. The minimum absolute atomic E-state index is 0.338. The first-order valence-electron chi connectivity index (χ1n) is 7.20. The third kappa shape index (κ3) is 5.04. The molecule has 0 aromatic heterocycles. The molecule has 0 amide bonds. The molecule has 0 aliphatic carbocycles. The third-order valence-corrected chi connectivity index (χ3v) is 3.50. The van der Waals surface area contributed by atoms with Crippen LogP contribution in [0.4, 0.5) is 0 Å². The lowest BCUT2D eigenvalue weighted by atomic mass is 10.1. The quantitative estimate of drug-likeness (QED) is 0.846. The molecule has 21 heavy (non-hydrogen) atoms. The first-order valence-corrected chi connectivity index (χ1v) is 7.20. The normalized spacial score (nSPS) is 10.8. The van der Waals surface area contributed by atoms with Crippen LogP contribution in [0.15, 0.2) is 54.6 Å². The van der Waals surface area contributed by atoms with Crippen molar-refractivity contribution in [1.82, 2.24) is 4.90 Å². The average Bonchev–Trinajstić information content (AvgIpc) is 2.49. The molecular weight excluding hydrogens is 262 g/mol. The van der Waals surface area contributed by atoms with Crippen LogP contribution in [-0.2, 0) is 13.0 Å². The van der Waals surface area contributed by atoms with Crippen LogP contribution in [0.5, 0.6) is 0 Å². The standard InChI is InChI=1S/C18H21NO2/c1-19(13-5-8-15-6-3-2-4-7-15)14-16-9-11-17(12-10-16)18(20)21/h2-4,6-7,9-12H,5,8,13-14H2,1H3,(H,20,21). The lowest BCUT2D eigenvalue weighted by molar-refractivity contribution is 0.0697. The van der Waals surface area contributed by atoms with Gasteiger partial charge in [-0.3, -0.25) is 0 Å². The summed E-state index contributed by atoms with van der Waals surface area (Å²) in [5.74, 6) is -0.877. The number of carbonyl (C=O) groups is 1. The van der Waals surface area contributed by atoms with E-state index in [1.165, 1.54) is 5.56 Å². The highest BCUT2D eigenvalue weighted by atomic mass is 16.4. The minimum atomic E-state index is -0.877. The Labute approximate surface area is 125 Å². The van der Waals surface area contributed by atoms with Crippen molar-refractivity contribution in [3.8, 4) is 0 Å². The zero-order valence-electron chi connectivity index (χ0n) is 12.3. The molecule has 2 aromatic carbocycles. The summed E-state index contributed by atoms with van der Waals surface area (Å²) in [6, 6.07) is 17.6. The number of carboxylic acid groups (broad SMARTS) is 1. The minimum Gasteiger partial charge on any atom is -0.478 e. The molecule has 0 radical (unpaired) electrons. The van der Waals surface area contributed by atoms with Gasteiger partial charge in [0.1, 0.15) is 0 Å². The van der Waals surface area contributed by atoms with Crippen LogP contribution in [0.3, 0.4) is 0 Å². The van der Waals surface area contributed by atoms with Gasteiger partial charge in [0.2, 0.25) is 0 Å². The Morgan fingerprint density at radius 1 is 1.00 bits per heavy atom. The van der Waals surface area contributed by atoms with Gasteiger partial charge < -0.3 is 10.0 Å². The van der Waals surface area contributed by atoms with Gasteiger partial charge in [-0.05, 0) is 49.7 Å². The second kappa shape index (κ2) is 7.60. The van der Waals surface area contributed by atoms with Crippen LogP contribution in [0, 0.1) is 0 Å². The van der Waals surface area contributed by atoms with E-state index in [2.05, 4.69) is 36.2 Å². The molecule has 0 saturated heterocycles. The molecule has 3 heteroatoms. The SMILES string of the molecule is CN(CCCc1ccccc1)Cc1ccc(C(=O)O)cc1. The highest BCUT2D eigenvalue weighted by molar-refractivity contribution is 5.87. The summed E-state index contributed by atoms with van der Waals surface area (Å²) in [6.07, 6.45) is 2.21. The van der Waals surface area contributed by atoms with Crippen molar-refractivity contribution in [2.24, 2.45) is 0 Å². The fraction of sp³-hybridized carbons (Fsp3) is 0.278. The van der Waals surface area contributed by atoms with Crippen LogP contribution in [0.2, 0.25) is 0 Å². The Kier molecular flexibility index (Phi) is 5.52. The van der Waals surface area contributed by atoms with E-state index in [-0.39, 0.29) is 0 Å². The van der Waals surface area contributed by atoms with Crippen LogP contribution >= 0.6 is 0 Å². The van der Waals surface area contributed by atoms with Crippen LogP contribution in [0.25, 0.3) is 0 Å². The fourth-order valence-electron chi connectivity index (χ4n) is 2.34. The first-order chi connectivity index (χ1) is 10.1. The van der Waals surface area contributed by atoms with Crippen molar-refractivity contribution in [3.05, 3.63) is 71.3 Å². The van der Waals surface area contributed by atoms with Crippen molar-refractivity contribution >= 4 is 5.97 Å². The van der Waals surface area contributed by atoms with Crippen molar-refractivity contribution in [2.75, 3.05) is 13.6 Å². The van der Waals surface area contributed by atoms with Gasteiger partial charge in [-0.1, -0.05) is 42.5 Å². The van der Waals surface area contributed by atoms with Crippen molar-refractivity contribution < 1.29 is 9.90 Å². The predicted molar refractivity (Wildman–Crippen MR) is 84.5 cm³/mol. The number of aromatic carboxylic acids is 1. The number of benzene rings is 2. The number of carboxylic acids is 1. The summed E-state index contributed by atoms with van der Waals surface area (Å²) >= 11 is 0. The highest BCUT2D eigenvalue weighted by Crippen LogP contribution is 2.08. The van der Waals surface area contributed by atoms with E-state index >= 15 is 0 Å².